The molecule has 1 aliphatic carbocycles. The fourth-order valence-corrected chi connectivity index (χ4v) is 4.92. The van der Waals surface area contributed by atoms with Crippen LogP contribution in [0.25, 0.3) is 0 Å². The molecule has 2 N–H and O–H groups in total. The Morgan fingerprint density at radius 2 is 1.94 bits per heavy atom. The van der Waals surface area contributed by atoms with Crippen molar-refractivity contribution in [1.82, 2.24) is 5.32 Å². The third-order valence-electron chi connectivity index (χ3n) is 6.55. The summed E-state index contributed by atoms with van der Waals surface area (Å²) in [7, 11) is 2.97. The number of hydrogen-bond acceptors (Lipinski definition) is 8. The molecule has 2 aliphatic rings. The van der Waals surface area contributed by atoms with E-state index in [0.29, 0.717) is 37.4 Å². The van der Waals surface area contributed by atoms with Gasteiger partial charge in [0.15, 0.2) is 11.5 Å². The highest BCUT2D eigenvalue weighted by Gasteiger charge is 2.41. The lowest BCUT2D eigenvalue weighted by Gasteiger charge is -2.42. The highest BCUT2D eigenvalue weighted by Crippen LogP contribution is 2.47. The lowest BCUT2D eigenvalue weighted by Crippen LogP contribution is -2.46. The molecular formula is C23H31NO8. The molecule has 1 heterocycles. The van der Waals surface area contributed by atoms with E-state index >= 15 is 0 Å². The summed E-state index contributed by atoms with van der Waals surface area (Å²) < 4.78 is 27.0. The summed E-state index contributed by atoms with van der Waals surface area (Å²) in [5, 5.41) is 13.3. The molecule has 9 heteroatoms. The number of ether oxygens (including phenoxy) is 5. The highest BCUT2D eigenvalue weighted by molar-refractivity contribution is 5.56. The van der Waals surface area contributed by atoms with Crippen LogP contribution in [0.5, 0.6) is 17.2 Å². The zero-order valence-corrected chi connectivity index (χ0v) is 18.8. The molecule has 0 bridgehead atoms. The number of benzene rings is 1. The van der Waals surface area contributed by atoms with Gasteiger partial charge in [-0.2, -0.15) is 0 Å². The van der Waals surface area contributed by atoms with Gasteiger partial charge in [0, 0.05) is 17.8 Å². The van der Waals surface area contributed by atoms with Crippen molar-refractivity contribution in [2.45, 2.75) is 38.3 Å². The first kappa shape index (κ1) is 23.9. The number of methoxy groups -OCH3 is 2. The second-order valence-electron chi connectivity index (χ2n) is 8.13. The van der Waals surface area contributed by atoms with Gasteiger partial charge in [-0.1, -0.05) is 12.5 Å². The van der Waals surface area contributed by atoms with Crippen molar-refractivity contribution >= 4 is 12.9 Å². The molecule has 0 saturated carbocycles. The predicted molar refractivity (Wildman–Crippen MR) is 115 cm³/mol. The van der Waals surface area contributed by atoms with E-state index in [-0.39, 0.29) is 49.0 Å². The fraction of sp³-hybridized carbons (Fsp3) is 0.565. The van der Waals surface area contributed by atoms with Crippen LogP contribution >= 0.6 is 0 Å². The predicted octanol–water partition coefficient (Wildman–Crippen LogP) is 2.13. The first-order valence-corrected chi connectivity index (χ1v) is 10.6. The van der Waals surface area contributed by atoms with Crippen molar-refractivity contribution in [3.8, 4) is 17.2 Å². The van der Waals surface area contributed by atoms with Crippen molar-refractivity contribution < 1.29 is 38.4 Å². The molecule has 5 unspecified atom stereocenters. The summed E-state index contributed by atoms with van der Waals surface area (Å²) in [6.07, 6.45) is 1.14. The number of carbonyl (C=O) groups excluding carboxylic acids is 2. The van der Waals surface area contributed by atoms with E-state index in [4.69, 9.17) is 23.7 Å². The lowest BCUT2D eigenvalue weighted by molar-refractivity contribution is -0.130. The van der Waals surface area contributed by atoms with Crippen LogP contribution in [0.3, 0.4) is 0 Å². The van der Waals surface area contributed by atoms with Crippen molar-refractivity contribution in [2.75, 3.05) is 34.2 Å². The van der Waals surface area contributed by atoms with Crippen LogP contribution < -0.4 is 14.8 Å². The quantitative estimate of drug-likeness (QED) is 0.413. The highest BCUT2D eigenvalue weighted by atomic mass is 16.7. The molecule has 9 nitrogen and oxygen atoms in total. The fourth-order valence-electron chi connectivity index (χ4n) is 4.92. The zero-order chi connectivity index (χ0) is 23.3. The number of amides is 1. The molecule has 0 aromatic heterocycles. The number of rotatable bonds is 10. The minimum Gasteiger partial charge on any atom is -0.502 e. The summed E-state index contributed by atoms with van der Waals surface area (Å²) in [5.74, 6) is 0.263. The number of phenolic OH excluding ortho intramolecular Hbond substituents is 1. The smallest absolute Gasteiger partial charge is 0.293 e. The Morgan fingerprint density at radius 3 is 2.47 bits per heavy atom. The van der Waals surface area contributed by atoms with Gasteiger partial charge in [0.1, 0.15) is 6.79 Å². The second kappa shape index (κ2) is 10.7. The van der Waals surface area contributed by atoms with Gasteiger partial charge in [0.25, 0.3) is 6.47 Å². The molecule has 1 fully saturated rings. The molecule has 1 amide bonds. The van der Waals surface area contributed by atoms with E-state index in [0.717, 1.165) is 16.7 Å². The van der Waals surface area contributed by atoms with Crippen LogP contribution in [0.4, 0.5) is 0 Å². The Balaban J connectivity index is 2.12. The molecule has 176 valence electrons. The van der Waals surface area contributed by atoms with Crippen LogP contribution in [0, 0.1) is 11.8 Å². The molecular weight excluding hydrogens is 418 g/mol. The summed E-state index contributed by atoms with van der Waals surface area (Å²) in [6, 6.07) is 3.26. The SMILES string of the molecule is COc1cc(C2CC(COC=O)C(NC=O)C(C(C)C3COCO3)=C2C)cc(OC)c1O. The molecule has 0 radical (unpaired) electrons. The van der Waals surface area contributed by atoms with Crippen LogP contribution in [0.1, 0.15) is 31.7 Å². The molecule has 32 heavy (non-hydrogen) atoms. The molecule has 3 rings (SSSR count). The third kappa shape index (κ3) is 4.68. The topological polar surface area (TPSA) is 113 Å². The average molecular weight is 450 g/mol. The van der Waals surface area contributed by atoms with Crippen LogP contribution in [-0.4, -0.2) is 64.4 Å². The third-order valence-corrected chi connectivity index (χ3v) is 6.55. The first-order chi connectivity index (χ1) is 15.5. The molecule has 0 spiro atoms. The summed E-state index contributed by atoms with van der Waals surface area (Å²) in [4.78, 5) is 22.4. The van der Waals surface area contributed by atoms with E-state index in [9.17, 15) is 14.7 Å². The van der Waals surface area contributed by atoms with Gasteiger partial charge in [-0.3, -0.25) is 9.59 Å². The Hall–Kier alpha value is -2.78. The minimum absolute atomic E-state index is 0.0441. The van der Waals surface area contributed by atoms with Crippen molar-refractivity contribution in [3.05, 3.63) is 28.8 Å². The number of hydrogen-bond donors (Lipinski definition) is 2. The Bertz CT molecular complexity index is 823. The van der Waals surface area contributed by atoms with Crippen LogP contribution in [0.15, 0.2) is 23.3 Å². The lowest BCUT2D eigenvalue weighted by atomic mass is 9.68. The standard InChI is InChI=1S/C23H31NO8/c1-13-17(15-6-18(28-3)23(27)19(7-15)29-4)5-16(8-30-11-26)22(24-10-25)21(13)14(2)20-9-31-12-32-20/h6-7,10-11,14,16-17,20,22,27H,5,8-9,12H2,1-4H3,(H,24,25). The maximum absolute atomic E-state index is 11.5. The number of phenols is 1. The second-order valence-corrected chi connectivity index (χ2v) is 8.13. The van der Waals surface area contributed by atoms with Crippen LogP contribution in [-0.2, 0) is 23.8 Å². The van der Waals surface area contributed by atoms with Gasteiger partial charge in [-0.05, 0) is 36.6 Å². The maximum Gasteiger partial charge on any atom is 0.293 e. The molecule has 1 aromatic rings. The average Bonchev–Trinajstić information content (AvgIpc) is 3.34. The Labute approximate surface area is 187 Å². The maximum atomic E-state index is 11.5. The van der Waals surface area contributed by atoms with Gasteiger partial charge in [0.2, 0.25) is 12.2 Å². The molecule has 1 aromatic carbocycles. The minimum atomic E-state index is -0.316. The van der Waals surface area contributed by atoms with E-state index in [1.807, 2.05) is 6.92 Å². The van der Waals surface area contributed by atoms with Gasteiger partial charge >= 0.3 is 0 Å². The molecule has 1 aliphatic heterocycles. The van der Waals surface area contributed by atoms with Gasteiger partial charge < -0.3 is 34.1 Å². The van der Waals surface area contributed by atoms with E-state index in [1.54, 1.807) is 12.1 Å². The number of nitrogens with one attached hydrogen (secondary N) is 1. The van der Waals surface area contributed by atoms with E-state index in [2.05, 4.69) is 12.2 Å². The van der Waals surface area contributed by atoms with Gasteiger partial charge in [0.05, 0.1) is 39.6 Å². The normalized spacial score (nSPS) is 26.4. The largest absolute Gasteiger partial charge is 0.502 e. The summed E-state index contributed by atoms with van der Waals surface area (Å²) in [5.41, 5.74) is 2.99. The van der Waals surface area contributed by atoms with E-state index < -0.39 is 0 Å². The number of allylic oxidation sites excluding steroid dienone is 1. The number of aromatic hydroxyl groups is 1. The number of carbonyl (C=O) groups is 2. The molecule has 1 saturated heterocycles. The van der Waals surface area contributed by atoms with Gasteiger partial charge in [-0.15, -0.1) is 0 Å². The first-order valence-electron chi connectivity index (χ1n) is 10.6. The van der Waals surface area contributed by atoms with Crippen molar-refractivity contribution in [1.29, 1.82) is 0 Å². The zero-order valence-electron chi connectivity index (χ0n) is 18.8. The Morgan fingerprint density at radius 1 is 1.25 bits per heavy atom. The monoisotopic (exact) mass is 449 g/mol. The van der Waals surface area contributed by atoms with Gasteiger partial charge in [-0.25, -0.2) is 0 Å². The van der Waals surface area contributed by atoms with Crippen LogP contribution in [0.2, 0.25) is 0 Å². The summed E-state index contributed by atoms with van der Waals surface area (Å²) >= 11 is 0. The summed E-state index contributed by atoms with van der Waals surface area (Å²) in [6.45, 7) is 5.36. The molecule has 5 atom stereocenters. The van der Waals surface area contributed by atoms with E-state index in [1.165, 1.54) is 14.2 Å². The van der Waals surface area contributed by atoms with Crippen molar-refractivity contribution in [2.24, 2.45) is 11.8 Å². The van der Waals surface area contributed by atoms with Crippen molar-refractivity contribution in [3.63, 3.8) is 0 Å². The Kier molecular flexibility index (Phi) is 7.98.